The van der Waals surface area contributed by atoms with Crippen LogP contribution in [0.15, 0.2) is 30.5 Å². The van der Waals surface area contributed by atoms with Gasteiger partial charge in [0.15, 0.2) is 0 Å². The summed E-state index contributed by atoms with van der Waals surface area (Å²) in [5.41, 5.74) is 2.66. The summed E-state index contributed by atoms with van der Waals surface area (Å²) < 4.78 is 0. The van der Waals surface area contributed by atoms with Crippen LogP contribution >= 0.6 is 0 Å². The molecule has 0 unspecified atom stereocenters. The largest absolute Gasteiger partial charge is 0.326 e. The summed E-state index contributed by atoms with van der Waals surface area (Å²) in [5, 5.41) is 18.0. The standard InChI is InChI=1S/C12H10N4O/c1-8(17)15-10-4-2-3-9(5-10)11-7-14-16-12(11)6-13/h2-5,7H,1H3,(H,14,16)(H,15,17). The number of H-pyrrole nitrogens is 1. The molecule has 0 spiro atoms. The zero-order valence-corrected chi connectivity index (χ0v) is 9.19. The lowest BCUT2D eigenvalue weighted by atomic mass is 10.1. The van der Waals surface area contributed by atoms with Crippen LogP contribution in [-0.4, -0.2) is 16.1 Å². The first-order valence-electron chi connectivity index (χ1n) is 5.02. The predicted molar refractivity (Wildman–Crippen MR) is 63.0 cm³/mol. The van der Waals surface area contributed by atoms with Crippen LogP contribution in [0, 0.1) is 11.3 Å². The molecule has 0 saturated heterocycles. The van der Waals surface area contributed by atoms with Crippen molar-refractivity contribution < 1.29 is 4.79 Å². The summed E-state index contributed by atoms with van der Waals surface area (Å²) in [4.78, 5) is 11.0. The Morgan fingerprint density at radius 3 is 3.06 bits per heavy atom. The van der Waals surface area contributed by atoms with E-state index in [1.165, 1.54) is 6.92 Å². The van der Waals surface area contributed by atoms with Gasteiger partial charge in [0, 0.05) is 18.2 Å². The van der Waals surface area contributed by atoms with Gasteiger partial charge in [-0.25, -0.2) is 0 Å². The van der Waals surface area contributed by atoms with Crippen LogP contribution in [0.25, 0.3) is 11.1 Å². The molecule has 2 rings (SSSR count). The molecule has 84 valence electrons. The van der Waals surface area contributed by atoms with Gasteiger partial charge in [-0.2, -0.15) is 10.4 Å². The van der Waals surface area contributed by atoms with Gasteiger partial charge >= 0.3 is 0 Å². The highest BCUT2D eigenvalue weighted by Gasteiger charge is 2.07. The molecule has 1 heterocycles. The van der Waals surface area contributed by atoms with Crippen LogP contribution in [0.5, 0.6) is 0 Å². The maximum Gasteiger partial charge on any atom is 0.221 e. The van der Waals surface area contributed by atoms with Crippen molar-refractivity contribution in [2.24, 2.45) is 0 Å². The molecular formula is C12H10N4O. The van der Waals surface area contributed by atoms with Crippen molar-refractivity contribution in [2.45, 2.75) is 6.92 Å². The SMILES string of the molecule is CC(=O)Nc1cccc(-c2cn[nH]c2C#N)c1. The number of nitriles is 1. The Hall–Kier alpha value is -2.61. The number of aromatic amines is 1. The Morgan fingerprint density at radius 2 is 2.35 bits per heavy atom. The van der Waals surface area contributed by atoms with Gasteiger partial charge in [-0.3, -0.25) is 9.89 Å². The van der Waals surface area contributed by atoms with E-state index in [1.807, 2.05) is 18.2 Å². The summed E-state index contributed by atoms with van der Waals surface area (Å²) in [6, 6.07) is 9.29. The lowest BCUT2D eigenvalue weighted by Gasteiger charge is -2.04. The predicted octanol–water partition coefficient (Wildman–Crippen LogP) is 1.91. The molecule has 0 aliphatic heterocycles. The average Bonchev–Trinajstić information content (AvgIpc) is 2.76. The quantitative estimate of drug-likeness (QED) is 0.820. The maximum atomic E-state index is 11.0. The molecule has 2 aromatic rings. The zero-order valence-electron chi connectivity index (χ0n) is 9.19. The van der Waals surface area contributed by atoms with Gasteiger partial charge in [-0.1, -0.05) is 12.1 Å². The number of amides is 1. The molecule has 0 saturated carbocycles. The molecule has 5 heteroatoms. The molecule has 17 heavy (non-hydrogen) atoms. The van der Waals surface area contributed by atoms with E-state index in [2.05, 4.69) is 15.5 Å². The highest BCUT2D eigenvalue weighted by Crippen LogP contribution is 2.24. The third-order valence-electron chi connectivity index (χ3n) is 2.25. The number of nitrogens with zero attached hydrogens (tertiary/aromatic N) is 2. The van der Waals surface area contributed by atoms with E-state index in [0.29, 0.717) is 11.4 Å². The molecule has 0 radical (unpaired) electrons. The Labute approximate surface area is 98.1 Å². The van der Waals surface area contributed by atoms with E-state index >= 15 is 0 Å². The van der Waals surface area contributed by atoms with Crippen molar-refractivity contribution in [3.05, 3.63) is 36.2 Å². The monoisotopic (exact) mass is 226 g/mol. The lowest BCUT2D eigenvalue weighted by molar-refractivity contribution is -0.114. The summed E-state index contributed by atoms with van der Waals surface area (Å²) in [6.45, 7) is 1.45. The second-order valence-electron chi connectivity index (χ2n) is 3.53. The molecule has 5 nitrogen and oxygen atoms in total. The minimum Gasteiger partial charge on any atom is -0.326 e. The van der Waals surface area contributed by atoms with E-state index in [0.717, 1.165) is 11.1 Å². The maximum absolute atomic E-state index is 11.0. The molecule has 0 atom stereocenters. The minimum atomic E-state index is -0.130. The lowest BCUT2D eigenvalue weighted by Crippen LogP contribution is -2.05. The Balaban J connectivity index is 2.40. The second kappa shape index (κ2) is 4.49. The molecule has 1 aromatic carbocycles. The van der Waals surface area contributed by atoms with Crippen molar-refractivity contribution >= 4 is 11.6 Å². The van der Waals surface area contributed by atoms with E-state index in [-0.39, 0.29) is 5.91 Å². The third kappa shape index (κ3) is 2.32. The first-order chi connectivity index (χ1) is 8.20. The van der Waals surface area contributed by atoms with Crippen LogP contribution in [0.2, 0.25) is 0 Å². The summed E-state index contributed by atoms with van der Waals surface area (Å²) in [5.74, 6) is -0.130. The molecule has 0 aliphatic rings. The number of carbonyl (C=O) groups is 1. The normalized spacial score (nSPS) is 9.65. The molecule has 2 N–H and O–H groups in total. The second-order valence-corrected chi connectivity index (χ2v) is 3.53. The molecule has 1 aromatic heterocycles. The first-order valence-corrected chi connectivity index (χ1v) is 5.02. The van der Waals surface area contributed by atoms with Crippen molar-refractivity contribution in [3.8, 4) is 17.2 Å². The van der Waals surface area contributed by atoms with E-state index in [4.69, 9.17) is 5.26 Å². The van der Waals surface area contributed by atoms with E-state index in [1.54, 1.807) is 18.3 Å². The van der Waals surface area contributed by atoms with Crippen molar-refractivity contribution in [1.29, 1.82) is 5.26 Å². The van der Waals surface area contributed by atoms with Gasteiger partial charge in [0.2, 0.25) is 5.91 Å². The highest BCUT2D eigenvalue weighted by atomic mass is 16.1. The molecule has 0 fully saturated rings. The fourth-order valence-electron chi connectivity index (χ4n) is 1.56. The number of nitrogens with one attached hydrogen (secondary N) is 2. The molecular weight excluding hydrogens is 216 g/mol. The number of benzene rings is 1. The number of hydrogen-bond acceptors (Lipinski definition) is 3. The minimum absolute atomic E-state index is 0.130. The number of hydrogen-bond donors (Lipinski definition) is 2. The van der Waals surface area contributed by atoms with Gasteiger partial charge in [0.25, 0.3) is 0 Å². The number of aromatic nitrogens is 2. The van der Waals surface area contributed by atoms with Crippen molar-refractivity contribution in [3.63, 3.8) is 0 Å². The van der Waals surface area contributed by atoms with Crippen LogP contribution in [-0.2, 0) is 4.79 Å². The number of rotatable bonds is 2. The summed E-state index contributed by atoms with van der Waals surface area (Å²) in [7, 11) is 0. The van der Waals surface area contributed by atoms with E-state index in [9.17, 15) is 4.79 Å². The topological polar surface area (TPSA) is 81.6 Å². The first kappa shape index (κ1) is 10.9. The fraction of sp³-hybridized carbons (Fsp3) is 0.0833. The fourth-order valence-corrected chi connectivity index (χ4v) is 1.56. The van der Waals surface area contributed by atoms with Crippen LogP contribution < -0.4 is 5.32 Å². The van der Waals surface area contributed by atoms with Gasteiger partial charge in [0.1, 0.15) is 11.8 Å². The van der Waals surface area contributed by atoms with Gasteiger partial charge < -0.3 is 5.32 Å². The highest BCUT2D eigenvalue weighted by molar-refractivity contribution is 5.89. The van der Waals surface area contributed by atoms with Gasteiger partial charge in [-0.15, -0.1) is 0 Å². The van der Waals surface area contributed by atoms with Crippen molar-refractivity contribution in [2.75, 3.05) is 5.32 Å². The summed E-state index contributed by atoms with van der Waals surface area (Å²) in [6.07, 6.45) is 1.59. The van der Waals surface area contributed by atoms with Crippen molar-refractivity contribution in [1.82, 2.24) is 10.2 Å². The Morgan fingerprint density at radius 1 is 1.53 bits per heavy atom. The smallest absolute Gasteiger partial charge is 0.221 e. The zero-order chi connectivity index (χ0) is 12.3. The molecule has 1 amide bonds. The van der Waals surface area contributed by atoms with Crippen LogP contribution in [0.3, 0.4) is 0 Å². The van der Waals surface area contributed by atoms with Crippen LogP contribution in [0.1, 0.15) is 12.6 Å². The van der Waals surface area contributed by atoms with Gasteiger partial charge in [0.05, 0.1) is 6.20 Å². The average molecular weight is 226 g/mol. The number of anilines is 1. The Kier molecular flexibility index (Phi) is 2.88. The Bertz CT molecular complexity index is 595. The van der Waals surface area contributed by atoms with Gasteiger partial charge in [-0.05, 0) is 17.7 Å². The van der Waals surface area contributed by atoms with Crippen LogP contribution in [0.4, 0.5) is 5.69 Å². The summed E-state index contributed by atoms with van der Waals surface area (Å²) >= 11 is 0. The third-order valence-corrected chi connectivity index (χ3v) is 2.25. The van der Waals surface area contributed by atoms with E-state index < -0.39 is 0 Å². The molecule has 0 aliphatic carbocycles. The molecule has 0 bridgehead atoms. The number of carbonyl (C=O) groups excluding carboxylic acids is 1.